The van der Waals surface area contributed by atoms with Crippen molar-refractivity contribution in [1.29, 1.82) is 5.26 Å². The molecule has 0 saturated heterocycles. The highest BCUT2D eigenvalue weighted by atomic mass is 35.5. The van der Waals surface area contributed by atoms with E-state index in [4.69, 9.17) is 22.0 Å². The molecule has 126 valence electrons. The smallest absolute Gasteiger partial charge is 0.335 e. The van der Waals surface area contributed by atoms with Crippen LogP contribution < -0.4 is 10.6 Å². The minimum atomic E-state index is -1.06. The molecule has 0 aliphatic rings. The zero-order valence-corrected chi connectivity index (χ0v) is 14.0. The number of carboxylic acids is 1. The van der Waals surface area contributed by atoms with Crippen LogP contribution in [0.15, 0.2) is 54.2 Å². The zero-order valence-electron chi connectivity index (χ0n) is 13.2. The number of amides is 1. The number of hydrogen-bond donors (Lipinski definition) is 3. The second-order valence-corrected chi connectivity index (χ2v) is 5.52. The molecular formula is C18H14ClN3O3. The third-order valence-corrected chi connectivity index (χ3v) is 3.72. The maximum absolute atomic E-state index is 12.1. The highest BCUT2D eigenvalue weighted by molar-refractivity contribution is 6.31. The fraction of sp³-hybridized carbons (Fsp3) is 0.0556. The number of nitrogens with zero attached hydrogens (tertiary/aromatic N) is 1. The molecule has 0 aliphatic heterocycles. The molecule has 0 radical (unpaired) electrons. The first kappa shape index (κ1) is 18.0. The average Bonchev–Trinajstić information content (AvgIpc) is 2.59. The fourth-order valence-corrected chi connectivity index (χ4v) is 2.06. The second-order valence-electron chi connectivity index (χ2n) is 5.11. The van der Waals surface area contributed by atoms with Gasteiger partial charge in [0.1, 0.15) is 11.6 Å². The van der Waals surface area contributed by atoms with Gasteiger partial charge in [0.2, 0.25) is 0 Å². The number of rotatable bonds is 5. The summed E-state index contributed by atoms with van der Waals surface area (Å²) < 4.78 is 0. The minimum Gasteiger partial charge on any atom is -0.478 e. The minimum absolute atomic E-state index is 0.104. The average molecular weight is 356 g/mol. The van der Waals surface area contributed by atoms with Crippen molar-refractivity contribution in [3.8, 4) is 6.07 Å². The van der Waals surface area contributed by atoms with E-state index in [1.54, 1.807) is 12.1 Å². The monoisotopic (exact) mass is 355 g/mol. The van der Waals surface area contributed by atoms with Crippen LogP contribution in [0.3, 0.4) is 0 Å². The highest BCUT2D eigenvalue weighted by Crippen LogP contribution is 2.20. The highest BCUT2D eigenvalue weighted by Gasteiger charge is 2.10. The van der Waals surface area contributed by atoms with Gasteiger partial charge in [0.15, 0.2) is 0 Å². The zero-order chi connectivity index (χ0) is 18.4. The van der Waals surface area contributed by atoms with Crippen LogP contribution in [-0.4, -0.2) is 17.0 Å². The molecule has 0 bridgehead atoms. The Labute approximate surface area is 149 Å². The largest absolute Gasteiger partial charge is 0.478 e. The Kier molecular flexibility index (Phi) is 5.77. The van der Waals surface area contributed by atoms with Crippen LogP contribution in [0.2, 0.25) is 5.02 Å². The summed E-state index contributed by atoms with van der Waals surface area (Å²) in [5.74, 6) is -1.67. The summed E-state index contributed by atoms with van der Waals surface area (Å²) in [4.78, 5) is 22.9. The summed E-state index contributed by atoms with van der Waals surface area (Å²) in [6.07, 6.45) is 1.28. The third kappa shape index (κ3) is 4.83. The predicted octanol–water partition coefficient (Wildman–Crippen LogP) is 3.80. The normalized spacial score (nSPS) is 10.7. The lowest BCUT2D eigenvalue weighted by atomic mass is 10.2. The topological polar surface area (TPSA) is 102 Å². The van der Waals surface area contributed by atoms with Crippen LogP contribution in [0.1, 0.15) is 15.9 Å². The van der Waals surface area contributed by atoms with Crippen molar-refractivity contribution >= 4 is 34.9 Å². The maximum Gasteiger partial charge on any atom is 0.335 e. The van der Waals surface area contributed by atoms with Crippen LogP contribution in [0.25, 0.3) is 0 Å². The van der Waals surface area contributed by atoms with Crippen molar-refractivity contribution in [2.24, 2.45) is 0 Å². The quantitative estimate of drug-likeness (QED) is 0.559. The Morgan fingerprint density at radius 3 is 2.36 bits per heavy atom. The molecule has 0 spiro atoms. The Morgan fingerprint density at radius 2 is 1.80 bits per heavy atom. The van der Waals surface area contributed by atoms with Gasteiger partial charge in [0.25, 0.3) is 5.91 Å². The molecule has 0 fully saturated rings. The number of aromatic carboxylic acids is 1. The number of nitrogens with one attached hydrogen (secondary N) is 2. The van der Waals surface area contributed by atoms with Crippen molar-refractivity contribution in [1.82, 2.24) is 0 Å². The molecule has 1 amide bonds. The molecule has 0 unspecified atom stereocenters. The molecule has 0 heterocycles. The first-order valence-electron chi connectivity index (χ1n) is 7.18. The van der Waals surface area contributed by atoms with Gasteiger partial charge in [-0.05, 0) is 48.9 Å². The van der Waals surface area contributed by atoms with Gasteiger partial charge < -0.3 is 15.7 Å². The molecule has 0 atom stereocenters. The summed E-state index contributed by atoms with van der Waals surface area (Å²) in [6, 6.07) is 12.7. The summed E-state index contributed by atoms with van der Waals surface area (Å²) in [5, 5.41) is 23.9. The van der Waals surface area contributed by atoms with E-state index < -0.39 is 11.9 Å². The number of aryl methyl sites for hydroxylation is 1. The van der Waals surface area contributed by atoms with Crippen LogP contribution in [0, 0.1) is 18.3 Å². The van der Waals surface area contributed by atoms with Crippen molar-refractivity contribution < 1.29 is 14.7 Å². The van der Waals surface area contributed by atoms with E-state index in [1.165, 1.54) is 30.5 Å². The molecule has 2 aromatic carbocycles. The Bertz CT molecular complexity index is 883. The maximum atomic E-state index is 12.1. The van der Waals surface area contributed by atoms with Crippen molar-refractivity contribution in [3.05, 3.63) is 70.4 Å². The summed E-state index contributed by atoms with van der Waals surface area (Å²) in [7, 11) is 0. The number of carboxylic acid groups (broad SMARTS) is 1. The van der Waals surface area contributed by atoms with Gasteiger partial charge in [-0.3, -0.25) is 4.79 Å². The van der Waals surface area contributed by atoms with Gasteiger partial charge in [-0.15, -0.1) is 0 Å². The van der Waals surface area contributed by atoms with E-state index in [0.29, 0.717) is 16.4 Å². The van der Waals surface area contributed by atoms with E-state index in [1.807, 2.05) is 19.1 Å². The lowest BCUT2D eigenvalue weighted by Gasteiger charge is -2.06. The SMILES string of the molecule is Cc1ccc(N/C=C(/C#N)C(=O)Nc2ccc(C(=O)O)cc2)cc1Cl. The number of hydrogen-bond acceptors (Lipinski definition) is 4. The van der Waals surface area contributed by atoms with Crippen LogP contribution in [0.4, 0.5) is 11.4 Å². The summed E-state index contributed by atoms with van der Waals surface area (Å²) >= 11 is 6.02. The second kappa shape index (κ2) is 7.99. The van der Waals surface area contributed by atoms with E-state index in [2.05, 4.69) is 10.6 Å². The molecule has 0 aromatic heterocycles. The van der Waals surface area contributed by atoms with E-state index in [9.17, 15) is 9.59 Å². The first-order valence-corrected chi connectivity index (χ1v) is 7.56. The van der Waals surface area contributed by atoms with Crippen molar-refractivity contribution in [2.75, 3.05) is 10.6 Å². The lowest BCUT2D eigenvalue weighted by molar-refractivity contribution is -0.112. The van der Waals surface area contributed by atoms with Crippen LogP contribution in [-0.2, 0) is 4.79 Å². The molecule has 0 saturated carbocycles. The van der Waals surface area contributed by atoms with Gasteiger partial charge in [-0.1, -0.05) is 17.7 Å². The molecular weight excluding hydrogens is 342 g/mol. The number of benzene rings is 2. The molecule has 2 rings (SSSR count). The van der Waals surface area contributed by atoms with Crippen LogP contribution >= 0.6 is 11.6 Å². The number of nitriles is 1. The number of halogens is 1. The third-order valence-electron chi connectivity index (χ3n) is 3.31. The molecule has 6 nitrogen and oxygen atoms in total. The Hall–Kier alpha value is -3.30. The Balaban J connectivity index is 2.08. The number of anilines is 2. The van der Waals surface area contributed by atoms with Crippen molar-refractivity contribution in [2.45, 2.75) is 6.92 Å². The van der Waals surface area contributed by atoms with Gasteiger partial charge in [0.05, 0.1) is 5.56 Å². The summed E-state index contributed by atoms with van der Waals surface area (Å²) in [5.41, 5.74) is 1.90. The van der Waals surface area contributed by atoms with Gasteiger partial charge in [-0.25, -0.2) is 4.79 Å². The van der Waals surface area contributed by atoms with Gasteiger partial charge in [-0.2, -0.15) is 5.26 Å². The van der Waals surface area contributed by atoms with Gasteiger partial charge >= 0.3 is 5.97 Å². The Morgan fingerprint density at radius 1 is 1.16 bits per heavy atom. The molecule has 3 N–H and O–H groups in total. The van der Waals surface area contributed by atoms with E-state index in [-0.39, 0.29) is 11.1 Å². The summed E-state index contributed by atoms with van der Waals surface area (Å²) in [6.45, 7) is 1.87. The molecule has 7 heteroatoms. The fourth-order valence-electron chi connectivity index (χ4n) is 1.88. The number of carbonyl (C=O) groups excluding carboxylic acids is 1. The standard InChI is InChI=1S/C18H14ClN3O3/c1-11-2-5-15(8-16(11)19)21-10-13(9-20)17(23)22-14-6-3-12(4-7-14)18(24)25/h2-8,10,21H,1H3,(H,22,23)(H,24,25)/b13-10-. The van der Waals surface area contributed by atoms with Crippen LogP contribution in [0.5, 0.6) is 0 Å². The van der Waals surface area contributed by atoms with E-state index in [0.717, 1.165) is 5.56 Å². The molecule has 2 aromatic rings. The van der Waals surface area contributed by atoms with Gasteiger partial charge in [0, 0.05) is 22.6 Å². The van der Waals surface area contributed by atoms with Crippen molar-refractivity contribution in [3.63, 3.8) is 0 Å². The predicted molar refractivity (Wildman–Crippen MR) is 95.5 cm³/mol. The first-order chi connectivity index (χ1) is 11.9. The number of carbonyl (C=O) groups is 2. The van der Waals surface area contributed by atoms with E-state index >= 15 is 0 Å². The molecule has 25 heavy (non-hydrogen) atoms. The lowest BCUT2D eigenvalue weighted by Crippen LogP contribution is -2.14. The molecule has 0 aliphatic carbocycles.